The Hall–Kier alpha value is -3.23. The van der Waals surface area contributed by atoms with Gasteiger partial charge in [-0.05, 0) is 67.1 Å². The molecule has 4 rings (SSSR count). The number of fused-ring (bicyclic) bond motifs is 1. The normalized spacial score (nSPS) is 15.5. The number of benzene rings is 2. The smallest absolute Gasteiger partial charge is 0.322 e. The van der Waals surface area contributed by atoms with Crippen LogP contribution in [0.3, 0.4) is 0 Å². The summed E-state index contributed by atoms with van der Waals surface area (Å²) in [5, 5.41) is 5.47. The Kier molecular flexibility index (Phi) is 8.95. The second-order valence-corrected chi connectivity index (χ2v) is 10.4. The lowest BCUT2D eigenvalue weighted by Crippen LogP contribution is -2.50. The minimum absolute atomic E-state index is 0.0312. The van der Waals surface area contributed by atoms with Crippen LogP contribution in [0.5, 0.6) is 11.5 Å². The highest BCUT2D eigenvalue weighted by atomic mass is 35.5. The lowest BCUT2D eigenvalue weighted by atomic mass is 10.00. The number of urea groups is 1. The second-order valence-electron chi connectivity index (χ2n) is 8.97. The number of halogens is 1. The van der Waals surface area contributed by atoms with Crippen LogP contribution in [0.25, 0.3) is 0 Å². The molecule has 2 unspecified atom stereocenters. The highest BCUT2D eigenvalue weighted by Gasteiger charge is 2.34. The highest BCUT2D eigenvalue weighted by Crippen LogP contribution is 2.34. The molecule has 1 aliphatic heterocycles. The quantitative estimate of drug-likeness (QED) is 0.348. The fourth-order valence-electron chi connectivity index (χ4n) is 4.39. The Morgan fingerprint density at radius 1 is 1.19 bits per heavy atom. The van der Waals surface area contributed by atoms with E-state index in [9.17, 15) is 9.59 Å². The Morgan fingerprint density at radius 2 is 1.97 bits per heavy atom. The molecule has 2 atom stereocenters. The van der Waals surface area contributed by atoms with Gasteiger partial charge >= 0.3 is 6.03 Å². The summed E-state index contributed by atoms with van der Waals surface area (Å²) in [7, 11) is 1.61. The molecule has 1 aromatic heterocycles. The summed E-state index contributed by atoms with van der Waals surface area (Å²) in [6, 6.07) is 15.8. The second kappa shape index (κ2) is 12.3. The van der Waals surface area contributed by atoms with E-state index in [1.807, 2.05) is 43.0 Å². The van der Waals surface area contributed by atoms with E-state index >= 15 is 0 Å². The number of carbonyl (C=O) groups is 2. The largest absolute Gasteiger partial charge is 0.497 e. The van der Waals surface area contributed by atoms with Crippen molar-refractivity contribution in [3.8, 4) is 11.5 Å². The van der Waals surface area contributed by atoms with Crippen LogP contribution < -0.4 is 14.8 Å². The molecule has 0 radical (unpaired) electrons. The Bertz CT molecular complexity index is 1230. The first-order chi connectivity index (χ1) is 17.9. The lowest BCUT2D eigenvalue weighted by Gasteiger charge is -2.38. The monoisotopic (exact) mass is 541 g/mol. The first-order valence-electron chi connectivity index (χ1n) is 12.3. The molecule has 7 nitrogen and oxygen atoms in total. The van der Waals surface area contributed by atoms with Gasteiger partial charge in [0, 0.05) is 34.2 Å². The number of ether oxygens (including phenoxy) is 2. The van der Waals surface area contributed by atoms with Gasteiger partial charge in [0.15, 0.2) is 0 Å². The summed E-state index contributed by atoms with van der Waals surface area (Å²) in [5.41, 5.74) is 1.69. The number of nitrogens with one attached hydrogen (secondary N) is 1. The van der Waals surface area contributed by atoms with E-state index in [2.05, 4.69) is 16.8 Å². The van der Waals surface area contributed by atoms with Crippen LogP contribution in [0.4, 0.5) is 10.5 Å². The summed E-state index contributed by atoms with van der Waals surface area (Å²) in [5.74, 6) is 1.27. The number of carbonyl (C=O) groups excluding carboxylic acids is 2. The van der Waals surface area contributed by atoms with E-state index in [1.165, 1.54) is 4.88 Å². The maximum absolute atomic E-state index is 13.7. The summed E-state index contributed by atoms with van der Waals surface area (Å²) in [6.07, 6.45) is 1.50. The van der Waals surface area contributed by atoms with E-state index in [-0.39, 0.29) is 30.6 Å². The minimum atomic E-state index is -0.331. The Morgan fingerprint density at radius 3 is 2.73 bits per heavy atom. The Labute approximate surface area is 226 Å². The first kappa shape index (κ1) is 26.8. The lowest BCUT2D eigenvalue weighted by molar-refractivity contribution is -0.135. The van der Waals surface area contributed by atoms with Crippen molar-refractivity contribution in [2.75, 3.05) is 32.1 Å². The average Bonchev–Trinajstić information content (AvgIpc) is 3.39. The van der Waals surface area contributed by atoms with E-state index in [0.29, 0.717) is 41.8 Å². The zero-order valence-electron chi connectivity index (χ0n) is 21.3. The third-order valence-corrected chi connectivity index (χ3v) is 7.86. The van der Waals surface area contributed by atoms with Crippen molar-refractivity contribution in [1.82, 2.24) is 9.80 Å². The van der Waals surface area contributed by atoms with Gasteiger partial charge < -0.3 is 24.6 Å². The van der Waals surface area contributed by atoms with Crippen LogP contribution >= 0.6 is 22.9 Å². The highest BCUT2D eigenvalue weighted by molar-refractivity contribution is 7.10. The third-order valence-electron chi connectivity index (χ3n) is 6.63. The fourth-order valence-corrected chi connectivity index (χ4v) is 5.51. The molecule has 196 valence electrons. The van der Waals surface area contributed by atoms with Gasteiger partial charge in [-0.1, -0.05) is 30.7 Å². The molecule has 37 heavy (non-hydrogen) atoms. The molecule has 0 aliphatic carbocycles. The van der Waals surface area contributed by atoms with E-state index in [1.54, 1.807) is 47.6 Å². The zero-order chi connectivity index (χ0) is 26.4. The average molecular weight is 542 g/mol. The SMILES string of the molecule is CCC(C)N(CC(=O)N1CCc2sccc2C1COc1cccc(OC)c1)C(=O)Nc1cccc(Cl)c1. The van der Waals surface area contributed by atoms with Crippen molar-refractivity contribution in [2.24, 2.45) is 0 Å². The fraction of sp³-hybridized carbons (Fsp3) is 0.357. The molecule has 0 saturated carbocycles. The Balaban J connectivity index is 1.51. The van der Waals surface area contributed by atoms with Gasteiger partial charge in [0.2, 0.25) is 5.91 Å². The molecular formula is C28H32ClN3O4S. The van der Waals surface area contributed by atoms with Crippen LogP contribution in [-0.2, 0) is 11.2 Å². The van der Waals surface area contributed by atoms with Crippen LogP contribution in [0, 0.1) is 0 Å². The molecule has 0 bridgehead atoms. The minimum Gasteiger partial charge on any atom is -0.497 e. The van der Waals surface area contributed by atoms with Crippen molar-refractivity contribution in [3.63, 3.8) is 0 Å². The third kappa shape index (κ3) is 6.56. The van der Waals surface area contributed by atoms with Crippen molar-refractivity contribution in [2.45, 2.75) is 38.8 Å². The summed E-state index contributed by atoms with van der Waals surface area (Å²) in [6.45, 7) is 4.79. The molecule has 9 heteroatoms. The van der Waals surface area contributed by atoms with Crippen LogP contribution in [0.1, 0.15) is 36.8 Å². The molecule has 1 aliphatic rings. The number of rotatable bonds is 9. The van der Waals surface area contributed by atoms with Crippen molar-refractivity contribution < 1.29 is 19.1 Å². The maximum Gasteiger partial charge on any atom is 0.322 e. The summed E-state index contributed by atoms with van der Waals surface area (Å²) >= 11 is 7.78. The number of hydrogen-bond acceptors (Lipinski definition) is 5. The number of amides is 3. The predicted octanol–water partition coefficient (Wildman–Crippen LogP) is 6.25. The molecular weight excluding hydrogens is 510 g/mol. The van der Waals surface area contributed by atoms with Gasteiger partial charge in [0.05, 0.1) is 13.2 Å². The standard InChI is InChI=1S/C28H32ClN3O4S/c1-4-19(2)32(28(34)30-21-8-5-7-20(29)15-21)17-27(33)31-13-11-26-24(12-14-37-26)25(31)18-36-23-10-6-9-22(16-23)35-3/h5-10,12,14-16,19,25H,4,11,13,17-18H2,1-3H3,(H,30,34). The van der Waals surface area contributed by atoms with Crippen LogP contribution in [0.15, 0.2) is 60.0 Å². The number of thiophene rings is 1. The topological polar surface area (TPSA) is 71.1 Å². The molecule has 0 saturated heterocycles. The molecule has 0 fully saturated rings. The van der Waals surface area contributed by atoms with Crippen molar-refractivity contribution in [3.05, 3.63) is 75.4 Å². The van der Waals surface area contributed by atoms with Crippen molar-refractivity contribution in [1.29, 1.82) is 0 Å². The molecule has 3 aromatic rings. The van der Waals surface area contributed by atoms with Gasteiger partial charge in [0.1, 0.15) is 24.7 Å². The zero-order valence-corrected chi connectivity index (χ0v) is 22.8. The van der Waals surface area contributed by atoms with Crippen molar-refractivity contribution >= 4 is 40.6 Å². The maximum atomic E-state index is 13.7. The van der Waals surface area contributed by atoms with E-state index < -0.39 is 0 Å². The van der Waals surface area contributed by atoms with Gasteiger partial charge in [-0.2, -0.15) is 0 Å². The summed E-state index contributed by atoms with van der Waals surface area (Å²) < 4.78 is 11.4. The molecule has 2 aromatic carbocycles. The van der Waals surface area contributed by atoms with Crippen LogP contribution in [-0.4, -0.2) is 54.6 Å². The van der Waals surface area contributed by atoms with E-state index in [0.717, 1.165) is 12.0 Å². The molecule has 1 N–H and O–H groups in total. The molecule has 0 spiro atoms. The van der Waals surface area contributed by atoms with Crippen LogP contribution in [0.2, 0.25) is 5.02 Å². The number of nitrogens with zero attached hydrogens (tertiary/aromatic N) is 2. The van der Waals surface area contributed by atoms with E-state index in [4.69, 9.17) is 21.1 Å². The molecule has 3 amide bonds. The van der Waals surface area contributed by atoms with Gasteiger partial charge in [-0.3, -0.25) is 4.79 Å². The molecule has 2 heterocycles. The first-order valence-corrected chi connectivity index (χ1v) is 13.6. The van der Waals surface area contributed by atoms with Gasteiger partial charge in [0.25, 0.3) is 0 Å². The number of methoxy groups -OCH3 is 1. The number of hydrogen-bond donors (Lipinski definition) is 1. The van der Waals surface area contributed by atoms with Gasteiger partial charge in [-0.15, -0.1) is 11.3 Å². The predicted molar refractivity (Wildman–Crippen MR) is 148 cm³/mol. The number of anilines is 1. The summed E-state index contributed by atoms with van der Waals surface area (Å²) in [4.78, 5) is 31.6. The van der Waals surface area contributed by atoms with Gasteiger partial charge in [-0.25, -0.2) is 4.79 Å².